The van der Waals surface area contributed by atoms with Crippen molar-refractivity contribution in [1.82, 2.24) is 10.2 Å². The largest absolute Gasteiger partial charge is 0.316 e. The maximum absolute atomic E-state index is 3.54. The zero-order valence-electron chi connectivity index (χ0n) is 13.1. The van der Waals surface area contributed by atoms with E-state index in [2.05, 4.69) is 54.4 Å². The molecule has 0 spiro atoms. The van der Waals surface area contributed by atoms with Gasteiger partial charge in [-0.25, -0.2) is 0 Å². The number of benzene rings is 1. The third kappa shape index (κ3) is 3.47. The summed E-state index contributed by atoms with van der Waals surface area (Å²) in [6.45, 7) is 9.40. The molecule has 1 aliphatic heterocycles. The minimum atomic E-state index is 0.523. The summed E-state index contributed by atoms with van der Waals surface area (Å²) in [5.41, 5.74) is 0. The summed E-state index contributed by atoms with van der Waals surface area (Å²) in [5, 5.41) is 4.93. The van der Waals surface area contributed by atoms with Crippen molar-refractivity contribution in [1.29, 1.82) is 0 Å². The molecule has 114 valence electrons. The van der Waals surface area contributed by atoms with Crippen LogP contribution in [0.15, 0.2) is 30.3 Å². The van der Waals surface area contributed by atoms with E-state index in [4.69, 9.17) is 0 Å². The van der Waals surface area contributed by atoms with Crippen molar-refractivity contribution in [3.63, 3.8) is 0 Å². The number of hydrogen-bond donors (Lipinski definition) is 1. The molecule has 3 rings (SSSR count). The lowest BCUT2D eigenvalue weighted by atomic mass is 9.98. The van der Waals surface area contributed by atoms with Gasteiger partial charge in [-0.1, -0.05) is 25.1 Å². The quantitative estimate of drug-likeness (QED) is 0.886. The Balaban J connectivity index is 1.72. The average Bonchev–Trinajstić information content (AvgIpc) is 2.97. The van der Waals surface area contributed by atoms with Gasteiger partial charge >= 0.3 is 0 Å². The molecular weight excluding hydrogens is 276 g/mol. The van der Waals surface area contributed by atoms with Crippen LogP contribution in [0.2, 0.25) is 0 Å². The first-order chi connectivity index (χ1) is 10.3. The average molecular weight is 302 g/mol. The maximum atomic E-state index is 3.54. The molecule has 1 N–H and O–H groups in total. The number of nitrogens with zero attached hydrogens (tertiary/aromatic N) is 1. The second kappa shape index (κ2) is 6.91. The van der Waals surface area contributed by atoms with Gasteiger partial charge in [0.05, 0.1) is 0 Å². The molecule has 1 aromatic heterocycles. The van der Waals surface area contributed by atoms with Gasteiger partial charge in [-0.2, -0.15) is 0 Å². The van der Waals surface area contributed by atoms with Gasteiger partial charge in [-0.15, -0.1) is 11.3 Å². The maximum Gasteiger partial charge on any atom is 0.0413 e. The highest BCUT2D eigenvalue weighted by Gasteiger charge is 2.21. The minimum Gasteiger partial charge on any atom is -0.316 e. The second-order valence-electron chi connectivity index (χ2n) is 6.16. The van der Waals surface area contributed by atoms with Crippen molar-refractivity contribution >= 4 is 21.4 Å². The summed E-state index contributed by atoms with van der Waals surface area (Å²) in [6.07, 6.45) is 2.71. The molecule has 2 aromatic rings. The Bertz CT molecular complexity index is 538. The fraction of sp³-hybridized carbons (Fsp3) is 0.556. The van der Waals surface area contributed by atoms with Crippen LogP contribution in [-0.4, -0.2) is 31.1 Å². The summed E-state index contributed by atoms with van der Waals surface area (Å²) < 4.78 is 1.41. The first kappa shape index (κ1) is 15.0. The van der Waals surface area contributed by atoms with E-state index in [-0.39, 0.29) is 0 Å². The topological polar surface area (TPSA) is 15.3 Å². The molecule has 2 unspecified atom stereocenters. The summed E-state index contributed by atoms with van der Waals surface area (Å²) >= 11 is 1.95. The van der Waals surface area contributed by atoms with Crippen molar-refractivity contribution in [3.05, 3.63) is 35.2 Å². The highest BCUT2D eigenvalue weighted by Crippen LogP contribution is 2.33. The summed E-state index contributed by atoms with van der Waals surface area (Å²) in [7, 11) is 0. The van der Waals surface area contributed by atoms with E-state index in [1.54, 1.807) is 0 Å². The summed E-state index contributed by atoms with van der Waals surface area (Å²) in [5.74, 6) is 0.815. The smallest absolute Gasteiger partial charge is 0.0413 e. The van der Waals surface area contributed by atoms with Gasteiger partial charge in [0.1, 0.15) is 0 Å². The van der Waals surface area contributed by atoms with E-state index < -0.39 is 0 Å². The number of nitrogens with one attached hydrogen (secondary N) is 1. The molecule has 1 saturated heterocycles. The van der Waals surface area contributed by atoms with Crippen LogP contribution in [0.1, 0.15) is 37.6 Å². The van der Waals surface area contributed by atoms with E-state index in [9.17, 15) is 0 Å². The number of piperidine rings is 1. The van der Waals surface area contributed by atoms with Crippen LogP contribution in [0.25, 0.3) is 10.1 Å². The predicted molar refractivity (Wildman–Crippen MR) is 93.1 cm³/mol. The predicted octanol–water partition coefficient (Wildman–Crippen LogP) is 4.28. The fourth-order valence-corrected chi connectivity index (χ4v) is 4.51. The molecule has 1 aliphatic rings. The van der Waals surface area contributed by atoms with Gasteiger partial charge in [-0.05, 0) is 62.8 Å². The van der Waals surface area contributed by atoms with Gasteiger partial charge in [-0.3, -0.25) is 4.90 Å². The summed E-state index contributed by atoms with van der Waals surface area (Å²) in [4.78, 5) is 4.14. The summed E-state index contributed by atoms with van der Waals surface area (Å²) in [6, 6.07) is 11.6. The van der Waals surface area contributed by atoms with Crippen molar-refractivity contribution in [2.75, 3.05) is 26.2 Å². The monoisotopic (exact) mass is 302 g/mol. The molecule has 2 nitrogen and oxygen atoms in total. The van der Waals surface area contributed by atoms with Crippen molar-refractivity contribution in [2.45, 2.75) is 32.7 Å². The number of rotatable bonds is 5. The zero-order valence-corrected chi connectivity index (χ0v) is 14.0. The molecule has 21 heavy (non-hydrogen) atoms. The van der Waals surface area contributed by atoms with E-state index in [1.165, 1.54) is 47.4 Å². The molecule has 0 aliphatic carbocycles. The Morgan fingerprint density at radius 3 is 2.95 bits per heavy atom. The molecule has 0 bridgehead atoms. The van der Waals surface area contributed by atoms with Gasteiger partial charge in [0.15, 0.2) is 0 Å². The van der Waals surface area contributed by atoms with Crippen LogP contribution in [-0.2, 0) is 0 Å². The van der Waals surface area contributed by atoms with Gasteiger partial charge in [0.25, 0.3) is 0 Å². The molecule has 2 heterocycles. The number of thiophene rings is 1. The molecule has 0 amide bonds. The Kier molecular flexibility index (Phi) is 4.94. The fourth-order valence-electron chi connectivity index (χ4n) is 3.36. The SMILES string of the molecule is CCN(CC1CCCNC1)C(C)c1cc2ccccc2s1. The van der Waals surface area contributed by atoms with Crippen LogP contribution in [0.3, 0.4) is 0 Å². The normalized spacial score (nSPS) is 21.0. The lowest BCUT2D eigenvalue weighted by Gasteiger charge is -2.33. The van der Waals surface area contributed by atoms with Crippen molar-refractivity contribution in [3.8, 4) is 0 Å². The third-order valence-corrected chi connectivity index (χ3v) is 5.99. The highest BCUT2D eigenvalue weighted by atomic mass is 32.1. The molecule has 3 heteroatoms. The van der Waals surface area contributed by atoms with E-state index in [1.807, 2.05) is 11.3 Å². The Labute approximate surface area is 132 Å². The number of fused-ring (bicyclic) bond motifs is 1. The van der Waals surface area contributed by atoms with Gasteiger partial charge in [0.2, 0.25) is 0 Å². The standard InChI is InChI=1S/C18H26N2S/c1-3-20(13-15-7-6-10-19-12-15)14(2)18-11-16-8-4-5-9-17(16)21-18/h4-5,8-9,11,14-15,19H,3,6-7,10,12-13H2,1-2H3. The molecule has 2 atom stereocenters. The highest BCUT2D eigenvalue weighted by molar-refractivity contribution is 7.19. The third-order valence-electron chi connectivity index (χ3n) is 4.70. The molecule has 0 saturated carbocycles. The zero-order chi connectivity index (χ0) is 14.7. The first-order valence-corrected chi connectivity index (χ1v) is 9.03. The Morgan fingerprint density at radius 2 is 2.24 bits per heavy atom. The minimum absolute atomic E-state index is 0.523. The van der Waals surface area contributed by atoms with E-state index in [0.717, 1.165) is 12.5 Å². The van der Waals surface area contributed by atoms with Crippen LogP contribution in [0.4, 0.5) is 0 Å². The molecule has 0 radical (unpaired) electrons. The molecule has 1 fully saturated rings. The van der Waals surface area contributed by atoms with Gasteiger partial charge < -0.3 is 5.32 Å². The second-order valence-corrected chi connectivity index (χ2v) is 7.28. The number of hydrogen-bond acceptors (Lipinski definition) is 3. The molecule has 1 aromatic carbocycles. The van der Waals surface area contributed by atoms with Crippen LogP contribution < -0.4 is 5.32 Å². The van der Waals surface area contributed by atoms with E-state index >= 15 is 0 Å². The van der Waals surface area contributed by atoms with Gasteiger partial charge in [0, 0.05) is 22.2 Å². The Hall–Kier alpha value is -0.900. The lowest BCUT2D eigenvalue weighted by Crippen LogP contribution is -2.39. The molecular formula is C18H26N2S. The van der Waals surface area contributed by atoms with Crippen molar-refractivity contribution < 1.29 is 0 Å². The van der Waals surface area contributed by atoms with Crippen LogP contribution in [0, 0.1) is 5.92 Å². The Morgan fingerprint density at radius 1 is 1.38 bits per heavy atom. The van der Waals surface area contributed by atoms with Crippen LogP contribution >= 0.6 is 11.3 Å². The van der Waals surface area contributed by atoms with Crippen LogP contribution in [0.5, 0.6) is 0 Å². The van der Waals surface area contributed by atoms with E-state index in [0.29, 0.717) is 6.04 Å². The van der Waals surface area contributed by atoms with Crippen molar-refractivity contribution in [2.24, 2.45) is 5.92 Å². The first-order valence-electron chi connectivity index (χ1n) is 8.21. The lowest BCUT2D eigenvalue weighted by molar-refractivity contribution is 0.173.